The summed E-state index contributed by atoms with van der Waals surface area (Å²) in [5.41, 5.74) is 7.32. The molecule has 2 N–H and O–H groups in total. The Hall–Kier alpha value is -0.830. The van der Waals surface area contributed by atoms with Gasteiger partial charge in [-0.05, 0) is 25.7 Å². The number of rotatable bonds is 1. The summed E-state index contributed by atoms with van der Waals surface area (Å²) in [6, 6.07) is 0.227. The first-order valence-electron chi connectivity index (χ1n) is 5.67. The van der Waals surface area contributed by atoms with E-state index in [9.17, 15) is 0 Å². The normalized spacial score (nSPS) is 27.1. The van der Waals surface area contributed by atoms with Crippen LogP contribution >= 0.6 is 0 Å². The SMILES string of the molecule is NC1CCCn2c1cnc2C1CCC1. The summed E-state index contributed by atoms with van der Waals surface area (Å²) in [4.78, 5) is 4.55. The number of nitrogens with zero attached hydrogens (tertiary/aromatic N) is 2. The van der Waals surface area contributed by atoms with Crippen molar-refractivity contribution in [3.05, 3.63) is 17.7 Å². The topological polar surface area (TPSA) is 43.8 Å². The predicted octanol–water partition coefficient (Wildman–Crippen LogP) is 1.94. The Balaban J connectivity index is 1.97. The Kier molecular flexibility index (Phi) is 1.87. The van der Waals surface area contributed by atoms with Crippen LogP contribution in [0.15, 0.2) is 6.20 Å². The lowest BCUT2D eigenvalue weighted by molar-refractivity contribution is 0.367. The van der Waals surface area contributed by atoms with Crippen LogP contribution in [0.4, 0.5) is 0 Å². The molecule has 3 nitrogen and oxygen atoms in total. The first kappa shape index (κ1) is 8.48. The van der Waals surface area contributed by atoms with E-state index in [1.54, 1.807) is 0 Å². The van der Waals surface area contributed by atoms with Crippen LogP contribution in [0.25, 0.3) is 0 Å². The van der Waals surface area contributed by atoms with Crippen LogP contribution in [0.1, 0.15) is 55.6 Å². The fourth-order valence-electron chi connectivity index (χ4n) is 2.55. The van der Waals surface area contributed by atoms with Crippen LogP contribution in [0.5, 0.6) is 0 Å². The Morgan fingerprint density at radius 2 is 2.14 bits per heavy atom. The van der Waals surface area contributed by atoms with Crippen molar-refractivity contribution in [2.45, 2.75) is 50.6 Å². The standard InChI is InChI=1S/C11H17N3/c12-9-5-2-6-14-10(9)7-13-11(14)8-3-1-4-8/h7-9H,1-6,12H2. The van der Waals surface area contributed by atoms with Crippen LogP contribution < -0.4 is 5.73 Å². The molecule has 1 aliphatic carbocycles. The zero-order valence-corrected chi connectivity index (χ0v) is 8.45. The molecule has 0 bridgehead atoms. The number of hydrogen-bond donors (Lipinski definition) is 1. The molecule has 1 fully saturated rings. The third-order valence-corrected chi connectivity index (χ3v) is 3.66. The lowest BCUT2D eigenvalue weighted by Crippen LogP contribution is -2.24. The van der Waals surface area contributed by atoms with Gasteiger partial charge in [0.05, 0.1) is 11.9 Å². The maximum absolute atomic E-state index is 6.06. The van der Waals surface area contributed by atoms with Crippen molar-refractivity contribution in [1.82, 2.24) is 9.55 Å². The Morgan fingerprint density at radius 3 is 2.86 bits per heavy atom. The fraction of sp³-hybridized carbons (Fsp3) is 0.727. The van der Waals surface area contributed by atoms with E-state index in [-0.39, 0.29) is 6.04 Å². The first-order chi connectivity index (χ1) is 6.86. The third kappa shape index (κ3) is 1.12. The highest BCUT2D eigenvalue weighted by Crippen LogP contribution is 2.37. The Labute approximate surface area is 84.3 Å². The summed E-state index contributed by atoms with van der Waals surface area (Å²) < 4.78 is 2.37. The maximum Gasteiger partial charge on any atom is 0.112 e. The smallest absolute Gasteiger partial charge is 0.112 e. The van der Waals surface area contributed by atoms with Gasteiger partial charge >= 0.3 is 0 Å². The van der Waals surface area contributed by atoms with Crippen LogP contribution in [0.3, 0.4) is 0 Å². The summed E-state index contributed by atoms with van der Waals surface area (Å²) in [7, 11) is 0. The molecule has 0 aromatic carbocycles. The number of aromatic nitrogens is 2. The maximum atomic E-state index is 6.06. The van der Waals surface area contributed by atoms with E-state index in [2.05, 4.69) is 9.55 Å². The molecule has 0 spiro atoms. The number of imidazole rings is 1. The molecule has 0 amide bonds. The van der Waals surface area contributed by atoms with Crippen LogP contribution in [0, 0.1) is 0 Å². The van der Waals surface area contributed by atoms with Gasteiger partial charge < -0.3 is 10.3 Å². The van der Waals surface area contributed by atoms with Gasteiger partial charge in [-0.3, -0.25) is 0 Å². The molecular weight excluding hydrogens is 174 g/mol. The van der Waals surface area contributed by atoms with Gasteiger partial charge in [0.15, 0.2) is 0 Å². The van der Waals surface area contributed by atoms with Gasteiger partial charge in [-0.15, -0.1) is 0 Å². The number of nitrogens with two attached hydrogens (primary N) is 1. The molecule has 14 heavy (non-hydrogen) atoms. The molecule has 1 aliphatic heterocycles. The molecule has 1 aromatic heterocycles. The van der Waals surface area contributed by atoms with E-state index >= 15 is 0 Å². The Bertz CT molecular complexity index is 338. The third-order valence-electron chi connectivity index (χ3n) is 3.66. The summed E-state index contributed by atoms with van der Waals surface area (Å²) in [5.74, 6) is 2.04. The minimum atomic E-state index is 0.227. The van der Waals surface area contributed by atoms with Gasteiger partial charge in [0.1, 0.15) is 5.82 Å². The van der Waals surface area contributed by atoms with Crippen LogP contribution in [0.2, 0.25) is 0 Å². The van der Waals surface area contributed by atoms with Gasteiger partial charge in [0.25, 0.3) is 0 Å². The fourth-order valence-corrected chi connectivity index (χ4v) is 2.55. The highest BCUT2D eigenvalue weighted by molar-refractivity contribution is 5.16. The lowest BCUT2D eigenvalue weighted by atomic mass is 9.84. The first-order valence-corrected chi connectivity index (χ1v) is 5.67. The molecular formula is C11H17N3. The predicted molar refractivity (Wildman–Crippen MR) is 55.0 cm³/mol. The number of hydrogen-bond acceptors (Lipinski definition) is 2. The van der Waals surface area contributed by atoms with Crippen molar-refractivity contribution >= 4 is 0 Å². The summed E-state index contributed by atoms with van der Waals surface area (Å²) in [5, 5.41) is 0. The molecule has 0 saturated heterocycles. The lowest BCUT2D eigenvalue weighted by Gasteiger charge is -2.28. The van der Waals surface area contributed by atoms with Crippen LogP contribution in [-0.2, 0) is 6.54 Å². The quantitative estimate of drug-likeness (QED) is 0.737. The van der Waals surface area contributed by atoms with Crippen molar-refractivity contribution < 1.29 is 0 Å². The van der Waals surface area contributed by atoms with Crippen molar-refractivity contribution in [3.8, 4) is 0 Å². The molecule has 3 heteroatoms. The second-order valence-electron chi connectivity index (χ2n) is 4.57. The van der Waals surface area contributed by atoms with Crippen molar-refractivity contribution in [1.29, 1.82) is 0 Å². The van der Waals surface area contributed by atoms with Crippen molar-refractivity contribution in [3.63, 3.8) is 0 Å². The van der Waals surface area contributed by atoms with Gasteiger partial charge in [0, 0.05) is 18.5 Å². The van der Waals surface area contributed by atoms with Gasteiger partial charge in [0.2, 0.25) is 0 Å². The molecule has 1 atom stereocenters. The summed E-state index contributed by atoms with van der Waals surface area (Å²) in [6.07, 6.45) is 8.35. The second kappa shape index (κ2) is 3.09. The van der Waals surface area contributed by atoms with Gasteiger partial charge in [-0.25, -0.2) is 4.98 Å². The molecule has 3 rings (SSSR count). The summed E-state index contributed by atoms with van der Waals surface area (Å²) >= 11 is 0. The Morgan fingerprint density at radius 1 is 1.29 bits per heavy atom. The summed E-state index contributed by atoms with van der Waals surface area (Å²) in [6.45, 7) is 1.13. The zero-order valence-electron chi connectivity index (χ0n) is 8.45. The molecule has 1 unspecified atom stereocenters. The van der Waals surface area contributed by atoms with Crippen LogP contribution in [-0.4, -0.2) is 9.55 Å². The molecule has 2 aliphatic rings. The van der Waals surface area contributed by atoms with E-state index in [0.29, 0.717) is 0 Å². The minimum absolute atomic E-state index is 0.227. The minimum Gasteiger partial charge on any atom is -0.330 e. The van der Waals surface area contributed by atoms with Gasteiger partial charge in [-0.1, -0.05) is 6.42 Å². The van der Waals surface area contributed by atoms with E-state index in [1.165, 1.54) is 37.2 Å². The van der Waals surface area contributed by atoms with E-state index < -0.39 is 0 Å². The monoisotopic (exact) mass is 191 g/mol. The second-order valence-corrected chi connectivity index (χ2v) is 4.57. The molecule has 2 heterocycles. The molecule has 1 aromatic rings. The highest BCUT2D eigenvalue weighted by Gasteiger charge is 2.28. The largest absolute Gasteiger partial charge is 0.330 e. The van der Waals surface area contributed by atoms with Crippen molar-refractivity contribution in [2.75, 3.05) is 0 Å². The molecule has 76 valence electrons. The molecule has 1 saturated carbocycles. The number of fused-ring (bicyclic) bond motifs is 1. The van der Waals surface area contributed by atoms with Crippen molar-refractivity contribution in [2.24, 2.45) is 5.73 Å². The average molecular weight is 191 g/mol. The average Bonchev–Trinajstić information content (AvgIpc) is 2.48. The molecule has 0 radical (unpaired) electrons. The van der Waals surface area contributed by atoms with E-state index in [0.717, 1.165) is 18.9 Å². The van der Waals surface area contributed by atoms with E-state index in [1.807, 2.05) is 6.20 Å². The zero-order chi connectivity index (χ0) is 9.54. The van der Waals surface area contributed by atoms with E-state index in [4.69, 9.17) is 5.73 Å². The highest BCUT2D eigenvalue weighted by atomic mass is 15.1. The van der Waals surface area contributed by atoms with Gasteiger partial charge in [-0.2, -0.15) is 0 Å².